The van der Waals surface area contributed by atoms with Crippen LogP contribution in [-0.2, 0) is 9.59 Å². The van der Waals surface area contributed by atoms with E-state index in [1.165, 1.54) is 0 Å². The third kappa shape index (κ3) is 4.65. The molecule has 2 atom stereocenters. The van der Waals surface area contributed by atoms with Crippen molar-refractivity contribution in [1.29, 1.82) is 0 Å². The van der Waals surface area contributed by atoms with Crippen LogP contribution in [0.5, 0.6) is 0 Å². The maximum atomic E-state index is 13.2. The first-order valence-corrected chi connectivity index (χ1v) is 8.30. The van der Waals surface area contributed by atoms with Crippen molar-refractivity contribution in [2.75, 3.05) is 0 Å². The van der Waals surface area contributed by atoms with Gasteiger partial charge in [-0.3, -0.25) is 9.59 Å². The minimum Gasteiger partial charge on any atom is -0.481 e. The number of aliphatic carboxylic acids is 1. The fourth-order valence-electron chi connectivity index (χ4n) is 3.56. The summed E-state index contributed by atoms with van der Waals surface area (Å²) in [5, 5.41) is 12.2. The van der Waals surface area contributed by atoms with Crippen molar-refractivity contribution in [2.24, 2.45) is 11.8 Å². The minimum atomic E-state index is -2.65. The zero-order valence-electron chi connectivity index (χ0n) is 12.8. The number of hydrogen-bond donors (Lipinski definition) is 2. The Bertz CT molecular complexity index is 404. The standard InChI is InChI=1S/C16H25F2NO3/c17-16(18)9-7-11(8-10-16)14(20)19-13-6-4-2-1-3-5-12(13)15(21)22/h11-13H,1-10H2,(H,19,20)(H,21,22). The molecule has 0 aliphatic heterocycles. The number of carbonyl (C=O) groups excluding carboxylic acids is 1. The van der Waals surface area contributed by atoms with Gasteiger partial charge in [0.15, 0.2) is 0 Å². The van der Waals surface area contributed by atoms with Crippen LogP contribution in [0.25, 0.3) is 0 Å². The lowest BCUT2D eigenvalue weighted by Gasteiger charge is -2.31. The fourth-order valence-corrected chi connectivity index (χ4v) is 3.56. The van der Waals surface area contributed by atoms with E-state index in [2.05, 4.69) is 5.32 Å². The van der Waals surface area contributed by atoms with E-state index >= 15 is 0 Å². The molecule has 1 amide bonds. The highest BCUT2D eigenvalue weighted by molar-refractivity contribution is 5.80. The summed E-state index contributed by atoms with van der Waals surface area (Å²) < 4.78 is 26.3. The van der Waals surface area contributed by atoms with E-state index in [0.29, 0.717) is 12.8 Å². The van der Waals surface area contributed by atoms with Crippen LogP contribution in [-0.4, -0.2) is 28.9 Å². The molecule has 2 fully saturated rings. The molecule has 0 spiro atoms. The first-order chi connectivity index (χ1) is 10.4. The number of rotatable bonds is 3. The summed E-state index contributed by atoms with van der Waals surface area (Å²) in [6, 6.07) is -0.368. The molecule has 0 radical (unpaired) electrons. The maximum Gasteiger partial charge on any atom is 0.308 e. The summed E-state index contributed by atoms with van der Waals surface area (Å²) in [6.45, 7) is 0. The summed E-state index contributed by atoms with van der Waals surface area (Å²) in [5.74, 6) is -4.73. The van der Waals surface area contributed by atoms with Crippen LogP contribution in [0, 0.1) is 11.8 Å². The average molecular weight is 317 g/mol. The van der Waals surface area contributed by atoms with Gasteiger partial charge >= 0.3 is 5.97 Å². The van der Waals surface area contributed by atoms with Crippen molar-refractivity contribution in [3.05, 3.63) is 0 Å². The Morgan fingerprint density at radius 3 is 2.14 bits per heavy atom. The monoisotopic (exact) mass is 317 g/mol. The lowest BCUT2D eigenvalue weighted by molar-refractivity contribution is -0.144. The van der Waals surface area contributed by atoms with E-state index in [9.17, 15) is 23.5 Å². The Morgan fingerprint density at radius 1 is 0.955 bits per heavy atom. The lowest BCUT2D eigenvalue weighted by Crippen LogP contribution is -2.47. The summed E-state index contributed by atoms with van der Waals surface area (Å²) in [7, 11) is 0. The van der Waals surface area contributed by atoms with Gasteiger partial charge in [0, 0.05) is 24.8 Å². The molecule has 2 saturated carbocycles. The molecule has 0 aromatic carbocycles. The van der Waals surface area contributed by atoms with E-state index in [0.717, 1.165) is 25.7 Å². The number of nitrogens with one attached hydrogen (secondary N) is 1. The molecule has 0 saturated heterocycles. The summed E-state index contributed by atoms with van der Waals surface area (Å²) >= 11 is 0. The minimum absolute atomic E-state index is 0.184. The largest absolute Gasteiger partial charge is 0.481 e. The molecule has 0 heterocycles. The van der Waals surface area contributed by atoms with Crippen LogP contribution in [0.1, 0.15) is 64.2 Å². The predicted octanol–water partition coefficient (Wildman–Crippen LogP) is 3.35. The number of carboxylic acids is 1. The van der Waals surface area contributed by atoms with Gasteiger partial charge in [0.1, 0.15) is 0 Å². The van der Waals surface area contributed by atoms with Crippen LogP contribution in [0.3, 0.4) is 0 Å². The van der Waals surface area contributed by atoms with Crippen molar-refractivity contribution < 1.29 is 23.5 Å². The summed E-state index contributed by atoms with van der Waals surface area (Å²) in [5.41, 5.74) is 0. The van der Waals surface area contributed by atoms with E-state index in [4.69, 9.17) is 0 Å². The van der Waals surface area contributed by atoms with E-state index in [-0.39, 0.29) is 37.6 Å². The smallest absolute Gasteiger partial charge is 0.308 e. The molecular formula is C16H25F2NO3. The highest BCUT2D eigenvalue weighted by Crippen LogP contribution is 2.36. The van der Waals surface area contributed by atoms with Gasteiger partial charge in [0.25, 0.3) is 0 Å². The fraction of sp³-hybridized carbons (Fsp3) is 0.875. The summed E-state index contributed by atoms with van der Waals surface area (Å²) in [4.78, 5) is 23.7. The highest BCUT2D eigenvalue weighted by Gasteiger charge is 2.38. The van der Waals surface area contributed by atoms with Gasteiger partial charge in [-0.15, -0.1) is 0 Å². The quantitative estimate of drug-likeness (QED) is 0.839. The normalized spacial score (nSPS) is 30.1. The van der Waals surface area contributed by atoms with Gasteiger partial charge in [0.2, 0.25) is 11.8 Å². The molecule has 126 valence electrons. The number of carbonyl (C=O) groups is 2. The molecule has 0 bridgehead atoms. The summed E-state index contributed by atoms with van der Waals surface area (Å²) in [6.07, 6.45) is 4.93. The second-order valence-corrected chi connectivity index (χ2v) is 6.68. The van der Waals surface area contributed by atoms with Gasteiger partial charge < -0.3 is 10.4 Å². The SMILES string of the molecule is O=C(NC1CCCCCCC1C(=O)O)C1CCC(F)(F)CC1. The Morgan fingerprint density at radius 2 is 1.55 bits per heavy atom. The number of amides is 1. The number of halogens is 2. The van der Waals surface area contributed by atoms with Gasteiger partial charge in [-0.1, -0.05) is 25.7 Å². The van der Waals surface area contributed by atoms with Gasteiger partial charge in [-0.05, 0) is 25.7 Å². The first kappa shape index (κ1) is 17.2. The van der Waals surface area contributed by atoms with Crippen LogP contribution in [0.4, 0.5) is 8.78 Å². The molecule has 2 unspecified atom stereocenters. The highest BCUT2D eigenvalue weighted by atomic mass is 19.3. The molecule has 2 rings (SSSR count). The number of hydrogen-bond acceptors (Lipinski definition) is 2. The van der Waals surface area contributed by atoms with E-state index in [1.807, 2.05) is 0 Å². The molecule has 0 aromatic heterocycles. The zero-order chi connectivity index (χ0) is 16.2. The van der Waals surface area contributed by atoms with Crippen LogP contribution < -0.4 is 5.32 Å². The Hall–Kier alpha value is -1.20. The number of carboxylic acid groups (broad SMARTS) is 1. The molecule has 0 aromatic rings. The number of alkyl halides is 2. The Labute approximate surface area is 129 Å². The van der Waals surface area contributed by atoms with Crippen molar-refractivity contribution in [3.8, 4) is 0 Å². The topological polar surface area (TPSA) is 66.4 Å². The van der Waals surface area contributed by atoms with E-state index in [1.54, 1.807) is 0 Å². The Kier molecular flexibility index (Phi) is 5.75. The average Bonchev–Trinajstić information content (AvgIpc) is 2.41. The van der Waals surface area contributed by atoms with Crippen LogP contribution >= 0.6 is 0 Å². The van der Waals surface area contributed by atoms with Crippen molar-refractivity contribution in [3.63, 3.8) is 0 Å². The Balaban J connectivity index is 1.93. The molecule has 22 heavy (non-hydrogen) atoms. The lowest BCUT2D eigenvalue weighted by atomic mass is 9.84. The molecule has 2 aliphatic rings. The third-order valence-electron chi connectivity index (χ3n) is 5.00. The molecule has 6 heteroatoms. The second kappa shape index (κ2) is 7.38. The third-order valence-corrected chi connectivity index (χ3v) is 5.00. The van der Waals surface area contributed by atoms with Crippen molar-refractivity contribution in [2.45, 2.75) is 76.2 Å². The van der Waals surface area contributed by atoms with Gasteiger partial charge in [-0.2, -0.15) is 0 Å². The maximum absolute atomic E-state index is 13.2. The molecule has 2 N–H and O–H groups in total. The predicted molar refractivity (Wildman–Crippen MR) is 77.7 cm³/mol. The second-order valence-electron chi connectivity index (χ2n) is 6.68. The van der Waals surface area contributed by atoms with E-state index < -0.39 is 23.7 Å². The van der Waals surface area contributed by atoms with Crippen LogP contribution in [0.2, 0.25) is 0 Å². The van der Waals surface area contributed by atoms with Crippen molar-refractivity contribution >= 4 is 11.9 Å². The molecule has 2 aliphatic carbocycles. The van der Waals surface area contributed by atoms with Crippen molar-refractivity contribution in [1.82, 2.24) is 5.32 Å². The zero-order valence-corrected chi connectivity index (χ0v) is 12.8. The van der Waals surface area contributed by atoms with Gasteiger partial charge in [0.05, 0.1) is 5.92 Å². The van der Waals surface area contributed by atoms with Crippen LogP contribution in [0.15, 0.2) is 0 Å². The first-order valence-electron chi connectivity index (χ1n) is 8.30. The van der Waals surface area contributed by atoms with Gasteiger partial charge in [-0.25, -0.2) is 8.78 Å². The molecule has 4 nitrogen and oxygen atoms in total. The molecular weight excluding hydrogens is 292 g/mol.